The van der Waals surface area contributed by atoms with Crippen molar-refractivity contribution in [1.82, 2.24) is 4.90 Å². The largest absolute Gasteiger partial charge is 0.399 e. The van der Waals surface area contributed by atoms with Crippen LogP contribution < -0.4 is 11.1 Å². The molecule has 0 aliphatic carbocycles. The Labute approximate surface area is 116 Å². The van der Waals surface area contributed by atoms with Crippen LogP contribution in [0.5, 0.6) is 0 Å². The summed E-state index contributed by atoms with van der Waals surface area (Å²) in [5.74, 6) is -0.931. The van der Waals surface area contributed by atoms with E-state index >= 15 is 0 Å². The molecule has 1 saturated heterocycles. The van der Waals surface area contributed by atoms with Crippen LogP contribution in [0.3, 0.4) is 0 Å². The van der Waals surface area contributed by atoms with Gasteiger partial charge in [0.2, 0.25) is 17.7 Å². The predicted octanol–water partition coefficient (Wildman–Crippen LogP) is 0.992. The number of nitrogen functional groups attached to an aromatic ring is 1. The molecular formula is C14H17N3O3. The molecule has 0 unspecified atom stereocenters. The molecule has 1 aliphatic rings. The van der Waals surface area contributed by atoms with Crippen molar-refractivity contribution in [1.29, 1.82) is 0 Å². The van der Waals surface area contributed by atoms with Crippen LogP contribution in [0.25, 0.3) is 0 Å². The Kier molecular flexibility index (Phi) is 4.02. The molecule has 0 saturated carbocycles. The summed E-state index contributed by atoms with van der Waals surface area (Å²) in [6.07, 6.45) is 0.613. The summed E-state index contributed by atoms with van der Waals surface area (Å²) in [6, 6.07) is 6.65. The highest BCUT2D eigenvalue weighted by molar-refractivity contribution is 6.03. The summed E-state index contributed by atoms with van der Waals surface area (Å²) in [7, 11) is 0. The van der Waals surface area contributed by atoms with Gasteiger partial charge in [0, 0.05) is 24.2 Å². The van der Waals surface area contributed by atoms with E-state index in [1.807, 2.05) is 6.92 Å². The first kappa shape index (κ1) is 14.0. The van der Waals surface area contributed by atoms with E-state index in [-0.39, 0.29) is 24.3 Å². The topological polar surface area (TPSA) is 92.5 Å². The van der Waals surface area contributed by atoms with Crippen LogP contribution in [-0.4, -0.2) is 29.2 Å². The van der Waals surface area contributed by atoms with Crippen molar-refractivity contribution in [3.05, 3.63) is 24.3 Å². The van der Waals surface area contributed by atoms with Crippen molar-refractivity contribution in [2.45, 2.75) is 19.8 Å². The quantitative estimate of drug-likeness (QED) is 0.635. The molecule has 0 aromatic heterocycles. The number of nitrogens with one attached hydrogen (secondary N) is 1. The van der Waals surface area contributed by atoms with E-state index in [2.05, 4.69) is 5.32 Å². The van der Waals surface area contributed by atoms with E-state index in [9.17, 15) is 14.4 Å². The Bertz CT molecular complexity index is 521. The summed E-state index contributed by atoms with van der Waals surface area (Å²) >= 11 is 0. The Hall–Kier alpha value is -2.37. The zero-order chi connectivity index (χ0) is 14.7. The minimum Gasteiger partial charge on any atom is -0.399 e. The number of imide groups is 1. The molecule has 0 radical (unpaired) electrons. The number of benzene rings is 1. The van der Waals surface area contributed by atoms with E-state index in [4.69, 9.17) is 5.73 Å². The number of anilines is 2. The average Bonchev–Trinajstić information content (AvgIpc) is 2.36. The lowest BCUT2D eigenvalue weighted by Crippen LogP contribution is -2.46. The molecule has 2 rings (SSSR count). The molecule has 0 atom stereocenters. The smallest absolute Gasteiger partial charge is 0.244 e. The van der Waals surface area contributed by atoms with Crippen molar-refractivity contribution in [3.8, 4) is 0 Å². The number of carbonyl (C=O) groups excluding carboxylic acids is 3. The summed E-state index contributed by atoms with van der Waals surface area (Å²) in [6.45, 7) is 1.61. The van der Waals surface area contributed by atoms with E-state index in [0.29, 0.717) is 24.2 Å². The minimum absolute atomic E-state index is 0.0476. The molecule has 6 nitrogen and oxygen atoms in total. The van der Waals surface area contributed by atoms with E-state index < -0.39 is 5.91 Å². The van der Waals surface area contributed by atoms with Gasteiger partial charge in [-0.25, -0.2) is 0 Å². The fourth-order valence-electron chi connectivity index (χ4n) is 2.11. The van der Waals surface area contributed by atoms with Gasteiger partial charge in [0.25, 0.3) is 0 Å². The van der Waals surface area contributed by atoms with Crippen LogP contribution in [0.1, 0.15) is 19.8 Å². The van der Waals surface area contributed by atoms with Gasteiger partial charge in [-0.3, -0.25) is 19.3 Å². The number of nitrogens with two attached hydrogens (primary N) is 1. The number of piperidine rings is 1. The second kappa shape index (κ2) is 5.73. The molecule has 6 heteroatoms. The molecule has 3 N–H and O–H groups in total. The van der Waals surface area contributed by atoms with Crippen LogP contribution in [0.2, 0.25) is 0 Å². The Morgan fingerprint density at radius 3 is 2.35 bits per heavy atom. The molecular weight excluding hydrogens is 258 g/mol. The van der Waals surface area contributed by atoms with Gasteiger partial charge in [0.1, 0.15) is 6.54 Å². The van der Waals surface area contributed by atoms with E-state index in [1.165, 1.54) is 0 Å². The van der Waals surface area contributed by atoms with Crippen LogP contribution in [0.4, 0.5) is 11.4 Å². The third-order valence-electron chi connectivity index (χ3n) is 3.14. The Morgan fingerprint density at radius 2 is 1.80 bits per heavy atom. The van der Waals surface area contributed by atoms with Gasteiger partial charge < -0.3 is 11.1 Å². The molecule has 1 heterocycles. The van der Waals surface area contributed by atoms with E-state index in [0.717, 1.165) is 4.90 Å². The molecule has 1 fully saturated rings. The van der Waals surface area contributed by atoms with Crippen molar-refractivity contribution < 1.29 is 14.4 Å². The molecule has 0 bridgehead atoms. The maximum Gasteiger partial charge on any atom is 0.244 e. The maximum atomic E-state index is 11.8. The van der Waals surface area contributed by atoms with E-state index in [1.54, 1.807) is 24.3 Å². The number of carbonyl (C=O) groups is 3. The van der Waals surface area contributed by atoms with Gasteiger partial charge >= 0.3 is 0 Å². The summed E-state index contributed by atoms with van der Waals surface area (Å²) in [5.41, 5.74) is 6.72. The van der Waals surface area contributed by atoms with Crippen molar-refractivity contribution >= 4 is 29.1 Å². The van der Waals surface area contributed by atoms with Crippen molar-refractivity contribution in [3.63, 3.8) is 0 Å². The van der Waals surface area contributed by atoms with Crippen molar-refractivity contribution in [2.24, 2.45) is 5.92 Å². The van der Waals surface area contributed by atoms with Gasteiger partial charge in [0.15, 0.2) is 0 Å². The third kappa shape index (κ3) is 3.34. The van der Waals surface area contributed by atoms with Gasteiger partial charge in [0.05, 0.1) is 0 Å². The zero-order valence-corrected chi connectivity index (χ0v) is 11.3. The molecule has 20 heavy (non-hydrogen) atoms. The molecule has 106 valence electrons. The standard InChI is InChI=1S/C14H17N3O3/c1-9-6-13(19)17(14(20)7-9)8-12(18)16-11-4-2-10(15)3-5-11/h2-5,9H,6-8,15H2,1H3,(H,16,18). The highest BCUT2D eigenvalue weighted by Gasteiger charge is 2.31. The number of hydrogen-bond acceptors (Lipinski definition) is 4. The summed E-state index contributed by atoms with van der Waals surface area (Å²) < 4.78 is 0. The maximum absolute atomic E-state index is 11.8. The second-order valence-electron chi connectivity index (χ2n) is 5.06. The zero-order valence-electron chi connectivity index (χ0n) is 11.3. The van der Waals surface area contributed by atoms with Crippen LogP contribution in [0, 0.1) is 5.92 Å². The molecule has 1 aromatic carbocycles. The first-order chi connectivity index (χ1) is 9.45. The number of rotatable bonds is 3. The lowest BCUT2D eigenvalue weighted by molar-refractivity contribution is -0.151. The van der Waals surface area contributed by atoms with Crippen molar-refractivity contribution in [2.75, 3.05) is 17.6 Å². The minimum atomic E-state index is -0.397. The number of likely N-dealkylation sites (tertiary alicyclic amines) is 1. The highest BCUT2D eigenvalue weighted by Crippen LogP contribution is 2.18. The number of amides is 3. The fraction of sp³-hybridized carbons (Fsp3) is 0.357. The normalized spacial score (nSPS) is 16.4. The lowest BCUT2D eigenvalue weighted by atomic mass is 9.98. The van der Waals surface area contributed by atoms with Gasteiger partial charge in [-0.2, -0.15) is 0 Å². The third-order valence-corrected chi connectivity index (χ3v) is 3.14. The van der Waals surface area contributed by atoms with Gasteiger partial charge in [-0.1, -0.05) is 6.92 Å². The lowest BCUT2D eigenvalue weighted by Gasteiger charge is -2.27. The molecule has 1 aromatic rings. The highest BCUT2D eigenvalue weighted by atomic mass is 16.2. The number of hydrogen-bond donors (Lipinski definition) is 2. The van der Waals surface area contributed by atoms with Crippen LogP contribution >= 0.6 is 0 Å². The second-order valence-corrected chi connectivity index (χ2v) is 5.06. The van der Waals surface area contributed by atoms with Crippen LogP contribution in [-0.2, 0) is 14.4 Å². The predicted molar refractivity (Wildman–Crippen MR) is 74.6 cm³/mol. The molecule has 0 spiro atoms. The van der Waals surface area contributed by atoms with Crippen LogP contribution in [0.15, 0.2) is 24.3 Å². The summed E-state index contributed by atoms with van der Waals surface area (Å²) in [4.78, 5) is 36.4. The van der Waals surface area contributed by atoms with Gasteiger partial charge in [-0.15, -0.1) is 0 Å². The molecule has 3 amide bonds. The first-order valence-electron chi connectivity index (χ1n) is 6.44. The SMILES string of the molecule is CC1CC(=O)N(CC(=O)Nc2ccc(N)cc2)C(=O)C1. The monoisotopic (exact) mass is 275 g/mol. The number of nitrogens with zero attached hydrogens (tertiary/aromatic N) is 1. The molecule has 1 aliphatic heterocycles. The Morgan fingerprint density at radius 1 is 1.25 bits per heavy atom. The fourth-order valence-corrected chi connectivity index (χ4v) is 2.11. The first-order valence-corrected chi connectivity index (χ1v) is 6.44. The Balaban J connectivity index is 1.95. The van der Waals surface area contributed by atoms with Gasteiger partial charge in [-0.05, 0) is 30.2 Å². The summed E-state index contributed by atoms with van der Waals surface area (Å²) in [5, 5.41) is 2.63. The average molecular weight is 275 g/mol.